The maximum absolute atomic E-state index is 10.9. The molecule has 2 rings (SSSR count). The van der Waals surface area contributed by atoms with Gasteiger partial charge in [-0.15, -0.1) is 17.7 Å². The molecule has 0 radical (unpaired) electrons. The highest BCUT2D eigenvalue weighted by Crippen LogP contribution is 2.20. The third-order valence-corrected chi connectivity index (χ3v) is 2.95. The van der Waals surface area contributed by atoms with E-state index in [9.17, 15) is 4.79 Å². The molecule has 94 valence electrons. The second-order valence-electron chi connectivity index (χ2n) is 4.12. The molecule has 0 bridgehead atoms. The number of para-hydroxylation sites is 1. The average molecular weight is 262 g/mol. The SMILES string of the molecule is CC(CCC(=O)S)c1nnnn1-c1ccccc1. The van der Waals surface area contributed by atoms with Gasteiger partial charge in [0.1, 0.15) is 0 Å². The second-order valence-corrected chi connectivity index (χ2v) is 4.62. The van der Waals surface area contributed by atoms with Crippen molar-refractivity contribution in [1.29, 1.82) is 0 Å². The summed E-state index contributed by atoms with van der Waals surface area (Å²) in [5.41, 5.74) is 0.918. The van der Waals surface area contributed by atoms with Crippen molar-refractivity contribution >= 4 is 17.7 Å². The van der Waals surface area contributed by atoms with Gasteiger partial charge in [0, 0.05) is 12.3 Å². The number of carbonyl (C=O) groups is 1. The molecule has 1 heterocycles. The van der Waals surface area contributed by atoms with E-state index < -0.39 is 0 Å². The topological polar surface area (TPSA) is 60.7 Å². The van der Waals surface area contributed by atoms with E-state index in [1.807, 2.05) is 37.3 Å². The Kier molecular flexibility index (Phi) is 4.09. The molecular weight excluding hydrogens is 248 g/mol. The summed E-state index contributed by atoms with van der Waals surface area (Å²) >= 11 is 3.77. The maximum Gasteiger partial charge on any atom is 0.185 e. The third kappa shape index (κ3) is 2.95. The lowest BCUT2D eigenvalue weighted by Gasteiger charge is -2.10. The van der Waals surface area contributed by atoms with Gasteiger partial charge in [0.05, 0.1) is 5.69 Å². The van der Waals surface area contributed by atoms with Gasteiger partial charge in [-0.05, 0) is 29.0 Å². The van der Waals surface area contributed by atoms with E-state index in [-0.39, 0.29) is 11.0 Å². The predicted octanol–water partition coefficient (Wildman–Crippen LogP) is 2.00. The van der Waals surface area contributed by atoms with E-state index in [0.29, 0.717) is 12.8 Å². The fourth-order valence-corrected chi connectivity index (χ4v) is 1.85. The van der Waals surface area contributed by atoms with Gasteiger partial charge in [-0.3, -0.25) is 4.79 Å². The number of nitrogens with zero attached hydrogens (tertiary/aromatic N) is 4. The summed E-state index contributed by atoms with van der Waals surface area (Å²) in [6.45, 7) is 2.00. The first-order valence-electron chi connectivity index (χ1n) is 5.74. The number of thiol groups is 1. The Bertz CT molecular complexity index is 526. The summed E-state index contributed by atoms with van der Waals surface area (Å²) < 4.78 is 1.70. The highest BCUT2D eigenvalue weighted by atomic mass is 32.1. The molecule has 0 aliphatic rings. The Morgan fingerprint density at radius 1 is 1.39 bits per heavy atom. The number of hydrogen-bond acceptors (Lipinski definition) is 4. The molecule has 0 amide bonds. The molecule has 1 unspecified atom stereocenters. The van der Waals surface area contributed by atoms with Crippen LogP contribution in [0, 0.1) is 0 Å². The monoisotopic (exact) mass is 262 g/mol. The van der Waals surface area contributed by atoms with Gasteiger partial charge in [-0.1, -0.05) is 25.1 Å². The summed E-state index contributed by atoms with van der Waals surface area (Å²) in [4.78, 5) is 10.9. The number of carbonyl (C=O) groups excluding carboxylic acids is 1. The quantitative estimate of drug-likeness (QED) is 0.837. The van der Waals surface area contributed by atoms with Crippen LogP contribution in [0.1, 0.15) is 31.5 Å². The summed E-state index contributed by atoms with van der Waals surface area (Å²) in [7, 11) is 0. The first-order chi connectivity index (χ1) is 8.68. The summed E-state index contributed by atoms with van der Waals surface area (Å²) in [6.07, 6.45) is 1.11. The number of aromatic nitrogens is 4. The Morgan fingerprint density at radius 2 is 2.11 bits per heavy atom. The molecule has 0 fully saturated rings. The van der Waals surface area contributed by atoms with E-state index in [0.717, 1.165) is 11.5 Å². The number of hydrogen-bond donors (Lipinski definition) is 1. The summed E-state index contributed by atoms with van der Waals surface area (Å²) in [5.74, 6) is 0.868. The zero-order chi connectivity index (χ0) is 13.0. The number of benzene rings is 1. The molecule has 6 heteroatoms. The molecule has 18 heavy (non-hydrogen) atoms. The predicted molar refractivity (Wildman–Crippen MR) is 70.8 cm³/mol. The van der Waals surface area contributed by atoms with Crippen LogP contribution in [0.4, 0.5) is 0 Å². The Balaban J connectivity index is 2.20. The normalized spacial score (nSPS) is 12.3. The minimum Gasteiger partial charge on any atom is -0.288 e. The Labute approximate surface area is 111 Å². The smallest absolute Gasteiger partial charge is 0.185 e. The first-order valence-corrected chi connectivity index (χ1v) is 6.18. The fraction of sp³-hybridized carbons (Fsp3) is 0.333. The minimum atomic E-state index is -0.111. The van der Waals surface area contributed by atoms with E-state index in [1.54, 1.807) is 4.68 Å². The van der Waals surface area contributed by atoms with Crippen LogP contribution in [0.3, 0.4) is 0 Å². The second kappa shape index (κ2) is 5.77. The Hall–Kier alpha value is -1.69. The van der Waals surface area contributed by atoms with E-state index in [1.165, 1.54) is 0 Å². The van der Waals surface area contributed by atoms with Crippen LogP contribution in [0.25, 0.3) is 5.69 Å². The highest BCUT2D eigenvalue weighted by Gasteiger charge is 2.16. The van der Waals surface area contributed by atoms with Gasteiger partial charge in [-0.2, -0.15) is 4.68 Å². The van der Waals surface area contributed by atoms with Crippen molar-refractivity contribution in [3.8, 4) is 5.69 Å². The summed E-state index contributed by atoms with van der Waals surface area (Å²) in [6, 6.07) is 9.69. The molecular formula is C12H14N4OS. The van der Waals surface area contributed by atoms with Gasteiger partial charge < -0.3 is 0 Å². The minimum absolute atomic E-state index is 0.108. The van der Waals surface area contributed by atoms with Crippen molar-refractivity contribution in [1.82, 2.24) is 20.2 Å². The largest absolute Gasteiger partial charge is 0.288 e. The van der Waals surface area contributed by atoms with Crippen molar-refractivity contribution < 1.29 is 4.79 Å². The van der Waals surface area contributed by atoms with Crippen LogP contribution in [0.2, 0.25) is 0 Å². The van der Waals surface area contributed by atoms with Crippen molar-refractivity contribution in [3.05, 3.63) is 36.2 Å². The third-order valence-electron chi connectivity index (χ3n) is 2.73. The Morgan fingerprint density at radius 3 is 2.78 bits per heavy atom. The lowest BCUT2D eigenvalue weighted by molar-refractivity contribution is -0.110. The molecule has 5 nitrogen and oxygen atoms in total. The van der Waals surface area contributed by atoms with Crippen LogP contribution in [0.15, 0.2) is 30.3 Å². The summed E-state index contributed by atoms with van der Waals surface area (Å²) in [5, 5.41) is 11.6. The average Bonchev–Trinajstić information content (AvgIpc) is 2.86. The van der Waals surface area contributed by atoms with Crippen LogP contribution in [-0.2, 0) is 4.79 Å². The lowest BCUT2D eigenvalue weighted by Crippen LogP contribution is -2.07. The van der Waals surface area contributed by atoms with Crippen LogP contribution >= 0.6 is 12.6 Å². The van der Waals surface area contributed by atoms with Gasteiger partial charge in [0.15, 0.2) is 10.9 Å². The molecule has 0 aliphatic carbocycles. The zero-order valence-corrected chi connectivity index (χ0v) is 10.9. The van der Waals surface area contributed by atoms with Crippen LogP contribution in [0.5, 0.6) is 0 Å². The fourth-order valence-electron chi connectivity index (χ4n) is 1.72. The van der Waals surface area contributed by atoms with Crippen molar-refractivity contribution in [2.45, 2.75) is 25.7 Å². The van der Waals surface area contributed by atoms with Crippen molar-refractivity contribution in [2.24, 2.45) is 0 Å². The molecule has 0 saturated heterocycles. The van der Waals surface area contributed by atoms with E-state index >= 15 is 0 Å². The van der Waals surface area contributed by atoms with Gasteiger partial charge >= 0.3 is 0 Å². The zero-order valence-electron chi connectivity index (χ0n) is 10.0. The molecule has 0 aliphatic heterocycles. The molecule has 0 N–H and O–H groups in total. The van der Waals surface area contributed by atoms with Gasteiger partial charge in [-0.25, -0.2) is 0 Å². The standard InChI is InChI=1S/C12H14N4OS/c1-9(7-8-11(17)18)12-13-14-15-16(12)10-5-3-2-4-6-10/h2-6,9H,7-8H2,1H3,(H,17,18). The highest BCUT2D eigenvalue weighted by molar-refractivity contribution is 7.96. The molecule has 1 aromatic carbocycles. The molecule has 0 saturated carbocycles. The van der Waals surface area contributed by atoms with Gasteiger partial charge in [0.25, 0.3) is 0 Å². The van der Waals surface area contributed by atoms with E-state index in [2.05, 4.69) is 28.2 Å². The van der Waals surface area contributed by atoms with E-state index in [4.69, 9.17) is 0 Å². The van der Waals surface area contributed by atoms with Crippen molar-refractivity contribution in [2.75, 3.05) is 0 Å². The number of tetrazole rings is 1. The van der Waals surface area contributed by atoms with Gasteiger partial charge in [0.2, 0.25) is 0 Å². The number of rotatable bonds is 5. The lowest BCUT2D eigenvalue weighted by atomic mass is 10.1. The van der Waals surface area contributed by atoms with Crippen LogP contribution in [-0.4, -0.2) is 25.3 Å². The molecule has 0 spiro atoms. The van der Waals surface area contributed by atoms with Crippen LogP contribution < -0.4 is 0 Å². The van der Waals surface area contributed by atoms with Crippen molar-refractivity contribution in [3.63, 3.8) is 0 Å². The molecule has 1 aromatic heterocycles. The maximum atomic E-state index is 10.9. The molecule has 1 atom stereocenters. The molecule has 2 aromatic rings. The first kappa shape index (κ1) is 12.8.